The van der Waals surface area contributed by atoms with Crippen LogP contribution in [0.3, 0.4) is 0 Å². The average Bonchev–Trinajstić information content (AvgIpc) is 3.77. The molecule has 0 fully saturated rings. The van der Waals surface area contributed by atoms with Crippen LogP contribution in [-0.4, -0.2) is 83.1 Å². The maximum absolute atomic E-state index is 14.6. The van der Waals surface area contributed by atoms with E-state index in [4.69, 9.17) is 5.10 Å². The van der Waals surface area contributed by atoms with Crippen molar-refractivity contribution in [2.24, 2.45) is 0 Å². The zero-order valence-corrected chi connectivity index (χ0v) is 30.7. The van der Waals surface area contributed by atoms with Gasteiger partial charge in [0, 0.05) is 42.6 Å². The van der Waals surface area contributed by atoms with Crippen LogP contribution in [0.4, 0.5) is 5.69 Å². The summed E-state index contributed by atoms with van der Waals surface area (Å²) in [6, 6.07) is 19.7. The lowest BCUT2D eigenvalue weighted by atomic mass is 9.93. The molecule has 0 bridgehead atoms. The Morgan fingerprint density at radius 1 is 0.962 bits per heavy atom. The minimum atomic E-state index is -0.443. The molecule has 1 unspecified atom stereocenters. The van der Waals surface area contributed by atoms with Gasteiger partial charge in [-0.1, -0.05) is 56.2 Å². The molecule has 1 aliphatic heterocycles. The molecule has 0 saturated carbocycles. The van der Waals surface area contributed by atoms with Crippen LogP contribution in [0.5, 0.6) is 0 Å². The predicted octanol–water partition coefficient (Wildman–Crippen LogP) is 6.36. The Morgan fingerprint density at radius 2 is 1.69 bits per heavy atom. The summed E-state index contributed by atoms with van der Waals surface area (Å²) in [6.45, 7) is 11.5. The van der Waals surface area contributed by atoms with E-state index < -0.39 is 6.04 Å². The lowest BCUT2D eigenvalue weighted by Crippen LogP contribution is -2.46. The fourth-order valence-corrected chi connectivity index (χ4v) is 6.78. The molecule has 12 nitrogen and oxygen atoms in total. The molecule has 0 radical (unpaired) electrons. The highest BCUT2D eigenvalue weighted by Gasteiger charge is 2.32. The van der Waals surface area contributed by atoms with E-state index in [-0.39, 0.29) is 35.9 Å². The molecule has 6 rings (SSSR count). The van der Waals surface area contributed by atoms with Crippen molar-refractivity contribution in [2.45, 2.75) is 85.4 Å². The van der Waals surface area contributed by atoms with E-state index in [1.165, 1.54) is 0 Å². The van der Waals surface area contributed by atoms with Gasteiger partial charge in [0.05, 0.1) is 29.4 Å². The summed E-state index contributed by atoms with van der Waals surface area (Å²) >= 11 is 0. The first kappa shape index (κ1) is 36.4. The number of rotatable bonds is 13. The summed E-state index contributed by atoms with van der Waals surface area (Å²) in [4.78, 5) is 45.5. The lowest BCUT2D eigenvalue weighted by molar-refractivity contribution is 0.0544. The maximum atomic E-state index is 14.6. The highest BCUT2D eigenvalue weighted by molar-refractivity contribution is 6.07. The van der Waals surface area contributed by atoms with Crippen molar-refractivity contribution in [2.75, 3.05) is 25.0 Å². The molecule has 272 valence electrons. The first-order chi connectivity index (χ1) is 25.1. The zero-order chi connectivity index (χ0) is 36.9. The van der Waals surface area contributed by atoms with Crippen molar-refractivity contribution < 1.29 is 19.5 Å². The number of benzene rings is 3. The summed E-state index contributed by atoms with van der Waals surface area (Å²) in [5, 5.41) is 26.6. The van der Waals surface area contributed by atoms with Crippen molar-refractivity contribution in [3.63, 3.8) is 0 Å². The number of hydrogen-bond donors (Lipinski definition) is 2. The van der Waals surface area contributed by atoms with Crippen LogP contribution in [-0.2, 0) is 13.0 Å². The van der Waals surface area contributed by atoms with Gasteiger partial charge in [-0.25, -0.2) is 9.36 Å². The van der Waals surface area contributed by atoms with Crippen LogP contribution in [0.1, 0.15) is 107 Å². The van der Waals surface area contributed by atoms with Crippen molar-refractivity contribution >= 4 is 34.4 Å². The first-order valence-corrected chi connectivity index (χ1v) is 18.3. The molecule has 0 spiro atoms. The minimum Gasteiger partial charge on any atom is -0.394 e. The van der Waals surface area contributed by atoms with Gasteiger partial charge < -0.3 is 20.2 Å². The van der Waals surface area contributed by atoms with Gasteiger partial charge in [0.2, 0.25) is 0 Å². The number of unbranched alkanes of at least 4 members (excludes halogenated alkanes) is 2. The molecular weight excluding hydrogens is 656 g/mol. The second kappa shape index (κ2) is 15.9. The molecular formula is C40H48N8O4. The Hall–Kier alpha value is -5.36. The smallest absolute Gasteiger partial charge is 0.274 e. The number of aromatic nitrogens is 5. The summed E-state index contributed by atoms with van der Waals surface area (Å²) < 4.78 is 3.43. The summed E-state index contributed by atoms with van der Waals surface area (Å²) in [5.74, 6) is -0.824. The number of amides is 3. The van der Waals surface area contributed by atoms with Crippen LogP contribution >= 0.6 is 0 Å². The Bertz CT molecular complexity index is 2070. The van der Waals surface area contributed by atoms with Crippen LogP contribution in [0.15, 0.2) is 66.7 Å². The van der Waals surface area contributed by atoms with Gasteiger partial charge in [-0.05, 0) is 93.6 Å². The summed E-state index contributed by atoms with van der Waals surface area (Å²) in [5.41, 5.74) is 6.10. The number of nitrogens with zero attached hydrogens (tertiary/aromatic N) is 7. The van der Waals surface area contributed by atoms with Gasteiger partial charge in [-0.2, -0.15) is 5.10 Å². The Morgan fingerprint density at radius 3 is 2.38 bits per heavy atom. The van der Waals surface area contributed by atoms with Crippen LogP contribution in [0.25, 0.3) is 16.7 Å². The molecule has 0 saturated heterocycles. The normalized spacial score (nSPS) is 14.1. The average molecular weight is 705 g/mol. The molecule has 12 heteroatoms. The molecule has 1 atom stereocenters. The van der Waals surface area contributed by atoms with E-state index in [0.29, 0.717) is 59.9 Å². The third-order valence-electron chi connectivity index (χ3n) is 9.72. The Balaban J connectivity index is 1.37. The molecule has 3 heterocycles. The van der Waals surface area contributed by atoms with E-state index in [2.05, 4.69) is 29.5 Å². The van der Waals surface area contributed by atoms with E-state index in [1.807, 2.05) is 56.0 Å². The van der Waals surface area contributed by atoms with Crippen LogP contribution < -0.4 is 5.32 Å². The highest BCUT2D eigenvalue weighted by atomic mass is 16.3. The molecule has 3 aromatic carbocycles. The number of nitrogens with one attached hydrogen (secondary N) is 1. The SMILES string of the molecule is CCCCN(CCCC)C(=O)c1cc(C)n(-c2ccc(NC(=O)c3ccc4c(c3)nnn4C(C)C)cc2C(=O)N2Cc3ccccc3CC2CO)n1. The van der Waals surface area contributed by atoms with Crippen molar-refractivity contribution in [1.29, 1.82) is 0 Å². The van der Waals surface area contributed by atoms with Crippen molar-refractivity contribution in [3.05, 3.63) is 100 Å². The summed E-state index contributed by atoms with van der Waals surface area (Å²) in [6.07, 6.45) is 4.26. The number of hydrogen-bond acceptors (Lipinski definition) is 7. The zero-order valence-electron chi connectivity index (χ0n) is 30.7. The van der Waals surface area contributed by atoms with Crippen LogP contribution in [0, 0.1) is 6.92 Å². The van der Waals surface area contributed by atoms with Gasteiger partial charge in [0.15, 0.2) is 5.69 Å². The van der Waals surface area contributed by atoms with Crippen LogP contribution in [0.2, 0.25) is 0 Å². The highest BCUT2D eigenvalue weighted by Crippen LogP contribution is 2.29. The Kier molecular flexibility index (Phi) is 11.1. The molecule has 2 aromatic heterocycles. The van der Waals surface area contributed by atoms with Crippen molar-refractivity contribution in [1.82, 2.24) is 34.6 Å². The van der Waals surface area contributed by atoms with E-state index in [9.17, 15) is 19.5 Å². The number of fused-ring (bicyclic) bond motifs is 2. The number of anilines is 1. The topological polar surface area (TPSA) is 138 Å². The molecule has 1 aliphatic rings. The monoisotopic (exact) mass is 704 g/mol. The number of carbonyl (C=O) groups is 3. The third-order valence-corrected chi connectivity index (χ3v) is 9.72. The number of aryl methyl sites for hydroxylation is 1. The molecule has 5 aromatic rings. The van der Waals surface area contributed by atoms with Gasteiger partial charge in [0.1, 0.15) is 5.52 Å². The first-order valence-electron chi connectivity index (χ1n) is 18.3. The van der Waals surface area contributed by atoms with Gasteiger partial charge in [-0.3, -0.25) is 14.4 Å². The predicted molar refractivity (Wildman–Crippen MR) is 201 cm³/mol. The van der Waals surface area contributed by atoms with Crippen molar-refractivity contribution in [3.8, 4) is 5.69 Å². The second-order valence-electron chi connectivity index (χ2n) is 13.8. The molecule has 2 N–H and O–H groups in total. The fourth-order valence-electron chi connectivity index (χ4n) is 6.78. The fraction of sp³-hybridized carbons (Fsp3) is 0.400. The Labute approximate surface area is 304 Å². The van der Waals surface area contributed by atoms with Gasteiger partial charge >= 0.3 is 0 Å². The number of carbonyl (C=O) groups excluding carboxylic acids is 3. The third kappa shape index (κ3) is 7.48. The van der Waals surface area contributed by atoms with Gasteiger partial charge in [0.25, 0.3) is 17.7 Å². The molecule has 0 aliphatic carbocycles. The van der Waals surface area contributed by atoms with E-state index in [1.54, 1.807) is 50.7 Å². The second-order valence-corrected chi connectivity index (χ2v) is 13.8. The lowest BCUT2D eigenvalue weighted by Gasteiger charge is -2.36. The largest absolute Gasteiger partial charge is 0.394 e. The number of aliphatic hydroxyl groups is 1. The maximum Gasteiger partial charge on any atom is 0.274 e. The standard InChI is InChI=1S/C40H48N8O4/c1-6-8-18-45(19-9-7-2)40(52)35-20-27(5)48(43-35)36-17-15-31(41-38(50)29-14-16-37-34(22-29)42-44-47(37)26(3)4)23-33(36)39(51)46-24-30-13-11-10-12-28(30)21-32(46)25-49/h10-17,20,22-23,26,32,49H,6-9,18-19,21,24-25H2,1-5H3,(H,41,50). The number of aliphatic hydroxyl groups excluding tert-OH is 1. The van der Waals surface area contributed by atoms with Gasteiger partial charge in [-0.15, -0.1) is 5.10 Å². The molecule has 3 amide bonds. The minimum absolute atomic E-state index is 0.117. The quantitative estimate of drug-likeness (QED) is 0.146. The summed E-state index contributed by atoms with van der Waals surface area (Å²) in [7, 11) is 0. The van der Waals surface area contributed by atoms with E-state index in [0.717, 1.165) is 42.3 Å². The van der Waals surface area contributed by atoms with E-state index >= 15 is 0 Å². The molecule has 52 heavy (non-hydrogen) atoms.